The summed E-state index contributed by atoms with van der Waals surface area (Å²) in [6.45, 7) is 4.10. The van der Waals surface area contributed by atoms with E-state index in [-0.39, 0.29) is 17.8 Å². The van der Waals surface area contributed by atoms with Crippen LogP contribution in [-0.2, 0) is 6.42 Å². The molecule has 3 rings (SSSR count). The zero-order valence-corrected chi connectivity index (χ0v) is 16.5. The van der Waals surface area contributed by atoms with E-state index in [2.05, 4.69) is 15.6 Å². The summed E-state index contributed by atoms with van der Waals surface area (Å²) in [6.07, 6.45) is 8.75. The second kappa shape index (κ2) is 9.97. The van der Waals surface area contributed by atoms with Gasteiger partial charge in [0.2, 0.25) is 0 Å². The van der Waals surface area contributed by atoms with Crippen molar-refractivity contribution in [3.8, 4) is 5.75 Å². The fourth-order valence-corrected chi connectivity index (χ4v) is 3.70. The maximum absolute atomic E-state index is 12.7. The fourth-order valence-electron chi connectivity index (χ4n) is 3.70. The molecule has 2 aromatic rings. The topological polar surface area (TPSA) is 77.5 Å². The Labute approximate surface area is 167 Å². The molecule has 28 heavy (non-hydrogen) atoms. The van der Waals surface area contributed by atoms with Crippen LogP contribution in [0.4, 0.5) is 10.5 Å². The van der Waals surface area contributed by atoms with Gasteiger partial charge in [0.1, 0.15) is 5.75 Å². The average molecular weight is 383 g/mol. The van der Waals surface area contributed by atoms with E-state index in [0.29, 0.717) is 13.1 Å². The number of phenolic OH excluding ortho intramolecular Hbond substituents is 1. The minimum atomic E-state index is 0.0312. The predicted octanol–water partition coefficient (Wildman–Crippen LogP) is 3.70. The van der Waals surface area contributed by atoms with Gasteiger partial charge in [-0.1, -0.05) is 12.1 Å². The van der Waals surface area contributed by atoms with Crippen molar-refractivity contribution in [1.29, 1.82) is 0 Å². The first-order valence-electron chi connectivity index (χ1n) is 10.1. The van der Waals surface area contributed by atoms with Gasteiger partial charge in [0.05, 0.1) is 0 Å². The minimum absolute atomic E-state index is 0.0312. The molecule has 1 aliphatic heterocycles. The SMILES string of the molecule is Cc1cnccc1NCCNC(=O)N1CCCC[C@H]1CCc1ccc(O)cc1. The molecule has 3 N–H and O–H groups in total. The lowest BCUT2D eigenvalue weighted by atomic mass is 9.96. The quantitative estimate of drug-likeness (QED) is 0.638. The lowest BCUT2D eigenvalue weighted by molar-refractivity contribution is 0.147. The number of phenols is 1. The molecule has 1 fully saturated rings. The van der Waals surface area contributed by atoms with Crippen LogP contribution in [0, 0.1) is 6.92 Å². The Balaban J connectivity index is 1.45. The van der Waals surface area contributed by atoms with Crippen molar-refractivity contribution >= 4 is 11.7 Å². The minimum Gasteiger partial charge on any atom is -0.508 e. The number of benzene rings is 1. The number of piperidine rings is 1. The van der Waals surface area contributed by atoms with E-state index in [1.807, 2.05) is 36.2 Å². The molecular formula is C22H30N4O2. The summed E-state index contributed by atoms with van der Waals surface area (Å²) in [5, 5.41) is 15.8. The van der Waals surface area contributed by atoms with Gasteiger partial charge in [-0.05, 0) is 68.4 Å². The number of nitrogens with one attached hydrogen (secondary N) is 2. The first-order valence-corrected chi connectivity index (χ1v) is 10.1. The first-order chi connectivity index (χ1) is 13.6. The van der Waals surface area contributed by atoms with E-state index in [1.54, 1.807) is 18.3 Å². The molecule has 0 unspecified atom stereocenters. The van der Waals surface area contributed by atoms with E-state index < -0.39 is 0 Å². The van der Waals surface area contributed by atoms with Crippen LogP contribution in [0.5, 0.6) is 5.75 Å². The third-order valence-corrected chi connectivity index (χ3v) is 5.33. The van der Waals surface area contributed by atoms with Crippen LogP contribution in [0.2, 0.25) is 0 Å². The summed E-state index contributed by atoms with van der Waals surface area (Å²) >= 11 is 0. The van der Waals surface area contributed by atoms with Crippen LogP contribution in [0.1, 0.15) is 36.8 Å². The third-order valence-electron chi connectivity index (χ3n) is 5.33. The van der Waals surface area contributed by atoms with Crippen LogP contribution < -0.4 is 10.6 Å². The number of hydrogen-bond donors (Lipinski definition) is 3. The number of amides is 2. The molecule has 1 atom stereocenters. The van der Waals surface area contributed by atoms with Gasteiger partial charge in [-0.3, -0.25) is 4.98 Å². The molecule has 0 aliphatic carbocycles. The van der Waals surface area contributed by atoms with E-state index in [9.17, 15) is 9.90 Å². The van der Waals surface area contributed by atoms with Crippen LogP contribution in [0.3, 0.4) is 0 Å². The zero-order chi connectivity index (χ0) is 19.8. The second-order valence-electron chi connectivity index (χ2n) is 7.40. The standard InChI is InChI=1S/C22H30N4O2/c1-17-16-23-12-11-21(17)24-13-14-25-22(28)26-15-3-2-4-19(26)8-5-18-6-9-20(27)10-7-18/h6-7,9-12,16,19,27H,2-5,8,13-15H2,1H3,(H,23,24)(H,25,28)/t19-/m0/s1. The second-order valence-corrected chi connectivity index (χ2v) is 7.40. The fraction of sp³-hybridized carbons (Fsp3) is 0.455. The van der Waals surface area contributed by atoms with Crippen molar-refractivity contribution in [2.45, 2.75) is 45.1 Å². The van der Waals surface area contributed by atoms with Crippen molar-refractivity contribution in [3.05, 3.63) is 53.9 Å². The van der Waals surface area contributed by atoms with Gasteiger partial charge in [0, 0.05) is 43.8 Å². The molecule has 6 heteroatoms. The molecule has 2 amide bonds. The number of rotatable bonds is 7. The largest absolute Gasteiger partial charge is 0.508 e. The van der Waals surface area contributed by atoms with Crippen LogP contribution >= 0.6 is 0 Å². The Kier molecular flexibility index (Phi) is 7.12. The van der Waals surface area contributed by atoms with Gasteiger partial charge in [0.25, 0.3) is 0 Å². The number of aromatic nitrogens is 1. The van der Waals surface area contributed by atoms with Gasteiger partial charge in [-0.2, -0.15) is 0 Å². The van der Waals surface area contributed by atoms with E-state index in [1.165, 1.54) is 12.0 Å². The highest BCUT2D eigenvalue weighted by Crippen LogP contribution is 2.22. The number of urea groups is 1. The third kappa shape index (κ3) is 5.62. The smallest absolute Gasteiger partial charge is 0.317 e. The number of anilines is 1. The monoisotopic (exact) mass is 382 g/mol. The molecule has 6 nitrogen and oxygen atoms in total. The molecule has 0 saturated carbocycles. The van der Waals surface area contributed by atoms with Crippen LogP contribution in [0.25, 0.3) is 0 Å². The maximum Gasteiger partial charge on any atom is 0.317 e. The van der Waals surface area contributed by atoms with E-state index in [0.717, 1.165) is 43.5 Å². The van der Waals surface area contributed by atoms with Crippen molar-refractivity contribution < 1.29 is 9.90 Å². The Morgan fingerprint density at radius 2 is 2.04 bits per heavy atom. The van der Waals surface area contributed by atoms with Crippen LogP contribution in [-0.4, -0.2) is 46.7 Å². The van der Waals surface area contributed by atoms with Crippen molar-refractivity contribution in [1.82, 2.24) is 15.2 Å². The summed E-state index contributed by atoms with van der Waals surface area (Å²) in [4.78, 5) is 18.8. The highest BCUT2D eigenvalue weighted by atomic mass is 16.3. The van der Waals surface area contributed by atoms with Gasteiger partial charge < -0.3 is 20.6 Å². The van der Waals surface area contributed by atoms with E-state index >= 15 is 0 Å². The van der Waals surface area contributed by atoms with Gasteiger partial charge in [0.15, 0.2) is 0 Å². The number of pyridine rings is 1. The molecular weight excluding hydrogens is 352 g/mol. The first kappa shape index (κ1) is 20.0. The van der Waals surface area contributed by atoms with Crippen molar-refractivity contribution in [3.63, 3.8) is 0 Å². The molecule has 1 aromatic carbocycles. The van der Waals surface area contributed by atoms with Crippen molar-refractivity contribution in [2.75, 3.05) is 25.0 Å². The summed E-state index contributed by atoms with van der Waals surface area (Å²) in [7, 11) is 0. The maximum atomic E-state index is 12.7. The number of nitrogens with zero attached hydrogens (tertiary/aromatic N) is 2. The summed E-state index contributed by atoms with van der Waals surface area (Å²) in [5.74, 6) is 0.290. The van der Waals surface area contributed by atoms with Crippen molar-refractivity contribution in [2.24, 2.45) is 0 Å². The Hall–Kier alpha value is -2.76. The number of aryl methyl sites for hydroxylation is 2. The molecule has 1 aromatic heterocycles. The molecule has 1 aliphatic rings. The Bertz CT molecular complexity index is 763. The molecule has 1 saturated heterocycles. The number of aromatic hydroxyl groups is 1. The Morgan fingerprint density at radius 3 is 2.82 bits per heavy atom. The summed E-state index contributed by atoms with van der Waals surface area (Å²) < 4.78 is 0. The summed E-state index contributed by atoms with van der Waals surface area (Å²) in [5.41, 5.74) is 3.34. The predicted molar refractivity (Wildman–Crippen MR) is 112 cm³/mol. The molecule has 0 bridgehead atoms. The Morgan fingerprint density at radius 1 is 1.21 bits per heavy atom. The lowest BCUT2D eigenvalue weighted by Gasteiger charge is -2.36. The molecule has 0 radical (unpaired) electrons. The number of hydrogen-bond acceptors (Lipinski definition) is 4. The zero-order valence-electron chi connectivity index (χ0n) is 16.5. The van der Waals surface area contributed by atoms with Gasteiger partial charge in [-0.15, -0.1) is 0 Å². The molecule has 2 heterocycles. The number of likely N-dealkylation sites (tertiary alicyclic amines) is 1. The number of carbonyl (C=O) groups excluding carboxylic acids is 1. The normalized spacial score (nSPS) is 16.6. The highest BCUT2D eigenvalue weighted by molar-refractivity contribution is 5.74. The molecule has 0 spiro atoms. The molecule has 150 valence electrons. The highest BCUT2D eigenvalue weighted by Gasteiger charge is 2.26. The van der Waals surface area contributed by atoms with Gasteiger partial charge in [-0.25, -0.2) is 4.79 Å². The average Bonchev–Trinajstić information content (AvgIpc) is 2.72. The summed E-state index contributed by atoms with van der Waals surface area (Å²) in [6, 6.07) is 9.60. The van der Waals surface area contributed by atoms with Gasteiger partial charge >= 0.3 is 6.03 Å². The number of carbonyl (C=O) groups is 1. The van der Waals surface area contributed by atoms with Crippen LogP contribution in [0.15, 0.2) is 42.7 Å². The van der Waals surface area contributed by atoms with E-state index in [4.69, 9.17) is 0 Å². The lowest BCUT2D eigenvalue weighted by Crippen LogP contribution is -2.49.